The van der Waals surface area contributed by atoms with Crippen LogP contribution in [0.2, 0.25) is 0 Å². The van der Waals surface area contributed by atoms with Crippen molar-refractivity contribution in [2.75, 3.05) is 4.90 Å². The van der Waals surface area contributed by atoms with Crippen LogP contribution in [0, 0.1) is 6.92 Å². The van der Waals surface area contributed by atoms with Crippen LogP contribution in [0.1, 0.15) is 35.1 Å². The van der Waals surface area contributed by atoms with Gasteiger partial charge in [-0.3, -0.25) is 14.5 Å². The average molecular weight is 395 g/mol. The molecule has 1 saturated heterocycles. The Labute approximate surface area is 164 Å². The van der Waals surface area contributed by atoms with Crippen molar-refractivity contribution in [2.24, 2.45) is 0 Å². The molecular weight excluding hydrogens is 378 g/mol. The number of rotatable bonds is 4. The smallest absolute Gasteiger partial charge is 0.302 e. The Kier molecular flexibility index (Phi) is 4.56. The van der Waals surface area contributed by atoms with E-state index in [0.717, 1.165) is 5.01 Å². The molecule has 1 unspecified atom stereocenters. The molecule has 1 atom stereocenters. The van der Waals surface area contributed by atoms with E-state index in [9.17, 15) is 14.7 Å². The van der Waals surface area contributed by atoms with Crippen molar-refractivity contribution in [1.29, 1.82) is 0 Å². The first-order valence-electron chi connectivity index (χ1n) is 8.76. The molecule has 1 amide bonds. The molecule has 0 spiro atoms. The van der Waals surface area contributed by atoms with Gasteiger partial charge in [-0.2, -0.15) is 0 Å². The Morgan fingerprint density at radius 3 is 2.54 bits per heavy atom. The number of aliphatic hydroxyl groups excluding tert-OH is 1. The molecule has 8 heteroatoms. The summed E-state index contributed by atoms with van der Waals surface area (Å²) in [5.74, 6) is -0.793. The van der Waals surface area contributed by atoms with Crippen molar-refractivity contribution < 1.29 is 19.1 Å². The number of Topliss-reactive ketones (excluding diaryl/α,β-unsaturated/α-hetero) is 1. The highest BCUT2D eigenvalue weighted by Gasteiger charge is 2.49. The van der Waals surface area contributed by atoms with E-state index in [0.29, 0.717) is 28.6 Å². The third-order valence-electron chi connectivity index (χ3n) is 4.49. The zero-order valence-electron chi connectivity index (χ0n) is 15.2. The number of nitrogens with zero attached hydrogens (tertiary/aromatic N) is 3. The van der Waals surface area contributed by atoms with E-state index in [-0.39, 0.29) is 11.3 Å². The monoisotopic (exact) mass is 395 g/mol. The molecule has 0 bridgehead atoms. The van der Waals surface area contributed by atoms with Gasteiger partial charge < -0.3 is 9.52 Å². The van der Waals surface area contributed by atoms with Gasteiger partial charge in [0.1, 0.15) is 28.3 Å². The number of anilines is 1. The highest BCUT2D eigenvalue weighted by Crippen LogP contribution is 2.43. The highest BCUT2D eigenvalue weighted by atomic mass is 32.1. The van der Waals surface area contributed by atoms with E-state index in [4.69, 9.17) is 4.42 Å². The van der Waals surface area contributed by atoms with E-state index in [1.165, 1.54) is 16.2 Å². The molecule has 142 valence electrons. The van der Waals surface area contributed by atoms with Crippen LogP contribution in [0.15, 0.2) is 52.5 Å². The molecule has 1 aliphatic rings. The van der Waals surface area contributed by atoms with Crippen LogP contribution in [-0.4, -0.2) is 27.0 Å². The normalized spacial score (nSPS) is 18.8. The molecule has 0 aliphatic carbocycles. The number of aryl methyl sites for hydroxylation is 2. The number of hydrogen-bond donors (Lipinski definition) is 1. The van der Waals surface area contributed by atoms with Gasteiger partial charge in [0.05, 0.1) is 5.57 Å². The molecule has 0 saturated carbocycles. The van der Waals surface area contributed by atoms with Gasteiger partial charge in [0.2, 0.25) is 5.13 Å². The summed E-state index contributed by atoms with van der Waals surface area (Å²) in [5, 5.41) is 20.0. The van der Waals surface area contributed by atoms with Crippen LogP contribution in [0.4, 0.5) is 5.13 Å². The number of carbonyl (C=O) groups excluding carboxylic acids is 2. The number of aromatic nitrogens is 2. The fourth-order valence-corrected chi connectivity index (χ4v) is 3.94. The first-order valence-corrected chi connectivity index (χ1v) is 9.58. The second-order valence-corrected chi connectivity index (χ2v) is 7.36. The number of furan rings is 1. The summed E-state index contributed by atoms with van der Waals surface area (Å²) >= 11 is 1.24. The second-order valence-electron chi connectivity index (χ2n) is 6.32. The molecule has 3 aromatic rings. The van der Waals surface area contributed by atoms with E-state index >= 15 is 0 Å². The summed E-state index contributed by atoms with van der Waals surface area (Å²) in [7, 11) is 0. The zero-order valence-corrected chi connectivity index (χ0v) is 16.1. The van der Waals surface area contributed by atoms with Crippen molar-refractivity contribution in [3.05, 3.63) is 70.1 Å². The van der Waals surface area contributed by atoms with Gasteiger partial charge in [-0.15, -0.1) is 10.2 Å². The lowest BCUT2D eigenvalue weighted by Crippen LogP contribution is -2.29. The minimum Gasteiger partial charge on any atom is -0.507 e. The Balaban J connectivity index is 1.92. The summed E-state index contributed by atoms with van der Waals surface area (Å²) in [5.41, 5.74) is 0.416. The van der Waals surface area contributed by atoms with Gasteiger partial charge >= 0.3 is 5.91 Å². The van der Waals surface area contributed by atoms with E-state index in [2.05, 4.69) is 10.2 Å². The molecule has 1 aromatic carbocycles. The quantitative estimate of drug-likeness (QED) is 0.412. The summed E-state index contributed by atoms with van der Waals surface area (Å²) in [4.78, 5) is 27.0. The van der Waals surface area contributed by atoms with Crippen LogP contribution < -0.4 is 4.90 Å². The van der Waals surface area contributed by atoms with Crippen molar-refractivity contribution in [2.45, 2.75) is 26.3 Å². The molecule has 4 rings (SSSR count). The molecule has 1 fully saturated rings. The third-order valence-corrected chi connectivity index (χ3v) is 5.55. The largest absolute Gasteiger partial charge is 0.507 e. The number of aliphatic hydroxyl groups is 1. The average Bonchev–Trinajstić information content (AvgIpc) is 3.41. The van der Waals surface area contributed by atoms with Crippen LogP contribution >= 0.6 is 11.3 Å². The zero-order chi connectivity index (χ0) is 19.8. The number of ketones is 1. The van der Waals surface area contributed by atoms with Gasteiger partial charge in [0.15, 0.2) is 0 Å². The van der Waals surface area contributed by atoms with Gasteiger partial charge in [-0.1, -0.05) is 48.6 Å². The second kappa shape index (κ2) is 7.05. The Morgan fingerprint density at radius 1 is 1.18 bits per heavy atom. The van der Waals surface area contributed by atoms with E-state index in [1.807, 2.05) is 6.92 Å². The van der Waals surface area contributed by atoms with Gasteiger partial charge in [-0.25, -0.2) is 0 Å². The van der Waals surface area contributed by atoms with E-state index in [1.54, 1.807) is 49.4 Å². The summed E-state index contributed by atoms with van der Waals surface area (Å²) in [6.45, 7) is 3.70. The van der Waals surface area contributed by atoms with Crippen LogP contribution in [0.25, 0.3) is 5.76 Å². The third kappa shape index (κ3) is 2.91. The van der Waals surface area contributed by atoms with Gasteiger partial charge in [0, 0.05) is 5.56 Å². The summed E-state index contributed by atoms with van der Waals surface area (Å²) in [6, 6.07) is 11.2. The highest BCUT2D eigenvalue weighted by molar-refractivity contribution is 7.15. The lowest BCUT2D eigenvalue weighted by molar-refractivity contribution is -0.132. The fourth-order valence-electron chi connectivity index (χ4n) is 3.14. The number of hydrogen-bond acceptors (Lipinski definition) is 7. The first kappa shape index (κ1) is 18.1. The molecular formula is C20H17N3O4S. The molecule has 1 N–H and O–H groups in total. The van der Waals surface area contributed by atoms with Gasteiger partial charge in [-0.05, 0) is 25.5 Å². The fraction of sp³-hybridized carbons (Fsp3) is 0.200. The van der Waals surface area contributed by atoms with Crippen molar-refractivity contribution >= 4 is 33.9 Å². The van der Waals surface area contributed by atoms with Crippen LogP contribution in [-0.2, 0) is 16.0 Å². The molecule has 3 heterocycles. The van der Waals surface area contributed by atoms with E-state index < -0.39 is 17.7 Å². The molecule has 1 aliphatic heterocycles. The number of benzene rings is 1. The maximum atomic E-state index is 12.9. The topological polar surface area (TPSA) is 96.5 Å². The maximum Gasteiger partial charge on any atom is 0.302 e. The van der Waals surface area contributed by atoms with Crippen molar-refractivity contribution in [1.82, 2.24) is 10.2 Å². The van der Waals surface area contributed by atoms with Gasteiger partial charge in [0.25, 0.3) is 5.78 Å². The lowest BCUT2D eigenvalue weighted by atomic mass is 9.99. The predicted octanol–water partition coefficient (Wildman–Crippen LogP) is 3.63. The predicted molar refractivity (Wildman–Crippen MR) is 104 cm³/mol. The number of carbonyl (C=O) groups is 2. The first-order chi connectivity index (χ1) is 13.5. The Morgan fingerprint density at radius 2 is 1.93 bits per heavy atom. The minimum absolute atomic E-state index is 0.0289. The minimum atomic E-state index is -0.911. The summed E-state index contributed by atoms with van der Waals surface area (Å²) in [6.07, 6.45) is 0.663. The molecule has 0 radical (unpaired) electrons. The van der Waals surface area contributed by atoms with Crippen LogP contribution in [0.3, 0.4) is 0 Å². The molecule has 2 aromatic heterocycles. The maximum absolute atomic E-state index is 12.9. The van der Waals surface area contributed by atoms with Crippen molar-refractivity contribution in [3.8, 4) is 0 Å². The molecule has 7 nitrogen and oxygen atoms in total. The SMILES string of the molecule is CCc1nnc(N2C(=O)C(=O)/C(=C(/O)c3ccccc3)C2c2ccc(C)o2)s1. The summed E-state index contributed by atoms with van der Waals surface area (Å²) < 4.78 is 5.73. The Bertz CT molecular complexity index is 1080. The number of amides is 1. The van der Waals surface area contributed by atoms with Crippen molar-refractivity contribution in [3.63, 3.8) is 0 Å². The Hall–Kier alpha value is -3.26. The lowest BCUT2D eigenvalue weighted by Gasteiger charge is -2.20. The van der Waals surface area contributed by atoms with Crippen LogP contribution in [0.5, 0.6) is 0 Å². The molecule has 28 heavy (non-hydrogen) atoms. The standard InChI is InChI=1S/C20H17N3O4S/c1-3-14-21-22-20(28-14)23-16(13-10-9-11(2)27-13)15(18(25)19(23)26)17(24)12-7-5-4-6-8-12/h4-10,16,24H,3H2,1-2H3/b17-15+.